The molecule has 0 aliphatic rings. The molecule has 0 aromatic heterocycles. The van der Waals surface area contributed by atoms with Gasteiger partial charge >= 0.3 is 5.97 Å². The van der Waals surface area contributed by atoms with Gasteiger partial charge in [-0.1, -0.05) is 48.5 Å². The number of ether oxygens (including phenoxy) is 2. The van der Waals surface area contributed by atoms with Gasteiger partial charge in [-0.25, -0.2) is 0 Å². The molecule has 0 amide bonds. The minimum atomic E-state index is -1.44. The summed E-state index contributed by atoms with van der Waals surface area (Å²) < 4.78 is 10.6. The van der Waals surface area contributed by atoms with Crippen LogP contribution in [0.2, 0.25) is 0 Å². The highest BCUT2D eigenvalue weighted by Gasteiger charge is 2.49. The van der Waals surface area contributed by atoms with Gasteiger partial charge in [0.05, 0.1) is 13.7 Å². The Morgan fingerprint density at radius 1 is 1.15 bits per heavy atom. The number of benzene rings is 2. The van der Waals surface area contributed by atoms with Gasteiger partial charge in [0.25, 0.3) is 0 Å². The molecule has 26 heavy (non-hydrogen) atoms. The summed E-state index contributed by atoms with van der Waals surface area (Å²) in [5.74, 6) is -0.789. The number of Topliss-reactive ketones (excluding diaryl/α,β-unsaturated/α-hetero) is 1. The zero-order chi connectivity index (χ0) is 19.2. The average Bonchev–Trinajstić information content (AvgIpc) is 2.68. The molecule has 0 aliphatic heterocycles. The van der Waals surface area contributed by atoms with Crippen molar-refractivity contribution in [2.75, 3.05) is 13.7 Å². The quantitative estimate of drug-likeness (QED) is 0.305. The van der Waals surface area contributed by atoms with Crippen LogP contribution in [0.3, 0.4) is 0 Å². The lowest BCUT2D eigenvalue weighted by atomic mass is 9.69. The van der Waals surface area contributed by atoms with Gasteiger partial charge < -0.3 is 9.47 Å². The predicted octanol–water partition coefficient (Wildman–Crippen LogP) is 4.42. The Kier molecular flexibility index (Phi) is 6.34. The Labute approximate surface area is 154 Å². The smallest absolute Gasteiger partial charge is 0.320 e. The second-order valence-electron chi connectivity index (χ2n) is 6.11. The third-order valence-corrected chi connectivity index (χ3v) is 4.52. The van der Waals surface area contributed by atoms with E-state index in [0.29, 0.717) is 11.3 Å². The number of esters is 1. The van der Waals surface area contributed by atoms with Crippen molar-refractivity contribution in [2.45, 2.75) is 19.8 Å². The maximum absolute atomic E-state index is 13.3. The fourth-order valence-electron chi connectivity index (χ4n) is 3.07. The lowest BCUT2D eigenvalue weighted by Gasteiger charge is -2.33. The molecule has 0 bridgehead atoms. The van der Waals surface area contributed by atoms with E-state index in [4.69, 9.17) is 9.47 Å². The van der Waals surface area contributed by atoms with E-state index in [2.05, 4.69) is 6.58 Å². The van der Waals surface area contributed by atoms with Gasteiger partial charge in [0.2, 0.25) is 0 Å². The number of methoxy groups -OCH3 is 1. The first-order valence-corrected chi connectivity index (χ1v) is 8.52. The molecule has 0 unspecified atom stereocenters. The molecule has 0 radical (unpaired) electrons. The maximum Gasteiger partial charge on any atom is 0.320 e. The first-order valence-electron chi connectivity index (χ1n) is 8.52. The zero-order valence-electron chi connectivity index (χ0n) is 15.4. The van der Waals surface area contributed by atoms with Crippen LogP contribution in [0, 0.1) is 5.41 Å². The van der Waals surface area contributed by atoms with Crippen molar-refractivity contribution in [3.05, 3.63) is 78.4 Å². The lowest BCUT2D eigenvalue weighted by molar-refractivity contribution is -0.152. The topological polar surface area (TPSA) is 52.6 Å². The molecular weight excluding hydrogens is 328 g/mol. The maximum atomic E-state index is 13.3. The summed E-state index contributed by atoms with van der Waals surface area (Å²) in [6.07, 6.45) is 1.62. The summed E-state index contributed by atoms with van der Waals surface area (Å²) in [6.45, 7) is 7.41. The third kappa shape index (κ3) is 3.69. The van der Waals surface area contributed by atoms with Crippen molar-refractivity contribution in [3.63, 3.8) is 0 Å². The summed E-state index contributed by atoms with van der Waals surface area (Å²) in [6, 6.07) is 16.1. The largest absolute Gasteiger partial charge is 0.497 e. The Bertz CT molecular complexity index is 782. The molecule has 2 aromatic rings. The zero-order valence-corrected chi connectivity index (χ0v) is 15.4. The van der Waals surface area contributed by atoms with Crippen molar-refractivity contribution >= 4 is 11.8 Å². The van der Waals surface area contributed by atoms with Crippen LogP contribution in [0.5, 0.6) is 5.75 Å². The Morgan fingerprint density at radius 3 is 2.42 bits per heavy atom. The third-order valence-electron chi connectivity index (χ3n) is 4.52. The van der Waals surface area contributed by atoms with E-state index in [-0.39, 0.29) is 12.4 Å². The van der Waals surface area contributed by atoms with E-state index in [0.717, 1.165) is 5.56 Å². The molecular formula is C22H24O4. The van der Waals surface area contributed by atoms with E-state index in [1.807, 2.05) is 30.3 Å². The fourth-order valence-corrected chi connectivity index (χ4v) is 3.07. The van der Waals surface area contributed by atoms with Crippen molar-refractivity contribution in [1.82, 2.24) is 0 Å². The number of hydrogen-bond acceptors (Lipinski definition) is 4. The number of hydrogen-bond donors (Lipinski definition) is 0. The van der Waals surface area contributed by atoms with Crippen LogP contribution >= 0.6 is 0 Å². The van der Waals surface area contributed by atoms with Crippen molar-refractivity contribution in [1.29, 1.82) is 0 Å². The van der Waals surface area contributed by atoms with Crippen LogP contribution in [-0.2, 0) is 9.53 Å². The molecule has 4 nitrogen and oxygen atoms in total. The molecule has 0 fully saturated rings. The van der Waals surface area contributed by atoms with Crippen LogP contribution in [0.4, 0.5) is 0 Å². The van der Waals surface area contributed by atoms with Gasteiger partial charge in [-0.15, -0.1) is 6.58 Å². The van der Waals surface area contributed by atoms with Crippen LogP contribution < -0.4 is 4.74 Å². The number of allylic oxidation sites excluding steroid dienone is 1. The molecule has 136 valence electrons. The van der Waals surface area contributed by atoms with Crippen LogP contribution in [-0.4, -0.2) is 25.5 Å². The number of rotatable bonds is 8. The first-order chi connectivity index (χ1) is 12.5. The van der Waals surface area contributed by atoms with Gasteiger partial charge in [0.15, 0.2) is 5.78 Å². The monoisotopic (exact) mass is 352 g/mol. The number of carbonyl (C=O) groups is 2. The molecule has 4 heteroatoms. The Morgan fingerprint density at radius 2 is 1.85 bits per heavy atom. The average molecular weight is 352 g/mol. The van der Waals surface area contributed by atoms with Gasteiger partial charge in [0, 0.05) is 11.5 Å². The van der Waals surface area contributed by atoms with E-state index < -0.39 is 17.3 Å². The van der Waals surface area contributed by atoms with Crippen molar-refractivity contribution < 1.29 is 19.1 Å². The number of ketones is 1. The molecule has 0 saturated heterocycles. The van der Waals surface area contributed by atoms with E-state index in [1.54, 1.807) is 51.3 Å². The summed E-state index contributed by atoms with van der Waals surface area (Å²) in [5.41, 5.74) is -0.220. The molecule has 0 N–H and O–H groups in total. The first kappa shape index (κ1) is 19.4. The van der Waals surface area contributed by atoms with Crippen molar-refractivity contribution in [3.8, 4) is 5.75 Å². The van der Waals surface area contributed by atoms with Gasteiger partial charge in [0.1, 0.15) is 11.2 Å². The molecule has 2 atom stereocenters. The number of carbonyl (C=O) groups excluding carboxylic acids is 2. The SMILES string of the molecule is C=C[C@@H](c1cccc(OC)c1)[C@@](C)(C(=O)OCC)C(=O)c1ccccc1. The summed E-state index contributed by atoms with van der Waals surface area (Å²) in [5, 5.41) is 0. The van der Waals surface area contributed by atoms with Crippen molar-refractivity contribution in [2.24, 2.45) is 5.41 Å². The minimum Gasteiger partial charge on any atom is -0.497 e. The summed E-state index contributed by atoms with van der Waals surface area (Å²) in [7, 11) is 1.57. The van der Waals surface area contributed by atoms with Gasteiger partial charge in [-0.3, -0.25) is 9.59 Å². The Balaban J connectivity index is 2.59. The molecule has 0 saturated carbocycles. The van der Waals surface area contributed by atoms with E-state index in [9.17, 15) is 9.59 Å². The minimum absolute atomic E-state index is 0.193. The molecule has 0 heterocycles. The second kappa shape index (κ2) is 8.48. The second-order valence-corrected chi connectivity index (χ2v) is 6.11. The highest BCUT2D eigenvalue weighted by Crippen LogP contribution is 2.41. The molecule has 2 rings (SSSR count). The van der Waals surface area contributed by atoms with Crippen LogP contribution in [0.25, 0.3) is 0 Å². The summed E-state index contributed by atoms with van der Waals surface area (Å²) in [4.78, 5) is 26.2. The Hall–Kier alpha value is -2.88. The van der Waals surface area contributed by atoms with E-state index >= 15 is 0 Å². The van der Waals surface area contributed by atoms with Gasteiger partial charge in [-0.05, 0) is 31.5 Å². The summed E-state index contributed by atoms with van der Waals surface area (Å²) >= 11 is 0. The highest BCUT2D eigenvalue weighted by molar-refractivity contribution is 6.13. The lowest BCUT2D eigenvalue weighted by Crippen LogP contribution is -2.42. The standard InChI is InChI=1S/C22H24O4/c1-5-19(17-13-10-14-18(15-17)25-4)22(3,21(24)26-6-2)20(23)16-11-8-7-9-12-16/h5,7-15,19H,1,6H2,2-4H3/t19-,22+/m0/s1. The molecule has 0 spiro atoms. The predicted molar refractivity (Wildman–Crippen MR) is 101 cm³/mol. The normalized spacial score (nSPS) is 14.0. The van der Waals surface area contributed by atoms with Gasteiger partial charge in [-0.2, -0.15) is 0 Å². The highest BCUT2D eigenvalue weighted by atomic mass is 16.5. The fraction of sp³-hybridized carbons (Fsp3) is 0.273. The van der Waals surface area contributed by atoms with Crippen LogP contribution in [0.15, 0.2) is 67.3 Å². The molecule has 0 aliphatic carbocycles. The van der Waals surface area contributed by atoms with Crippen LogP contribution in [0.1, 0.15) is 35.7 Å². The molecule has 2 aromatic carbocycles. The van der Waals surface area contributed by atoms with E-state index in [1.165, 1.54) is 0 Å².